The zero-order valence-electron chi connectivity index (χ0n) is 19.3. The van der Waals surface area contributed by atoms with E-state index in [1.54, 1.807) is 4.31 Å². The van der Waals surface area contributed by atoms with Crippen LogP contribution in [0.1, 0.15) is 61.9 Å². The predicted octanol–water partition coefficient (Wildman–Crippen LogP) is 3.14. The summed E-state index contributed by atoms with van der Waals surface area (Å²) in [5, 5.41) is 3.09. The Morgan fingerprint density at radius 1 is 1.00 bits per heavy atom. The number of amides is 1. The molecule has 7 heteroatoms. The van der Waals surface area contributed by atoms with E-state index in [2.05, 4.69) is 24.1 Å². The predicted molar refractivity (Wildman–Crippen MR) is 126 cm³/mol. The fourth-order valence-electron chi connectivity index (χ4n) is 4.82. The Kier molecular flexibility index (Phi) is 8.53. The van der Waals surface area contributed by atoms with Crippen molar-refractivity contribution >= 4 is 15.9 Å². The summed E-state index contributed by atoms with van der Waals surface area (Å²) in [6.07, 6.45) is 7.53. The molecule has 0 unspecified atom stereocenters. The van der Waals surface area contributed by atoms with Crippen molar-refractivity contribution in [1.82, 2.24) is 14.5 Å². The standard InChI is InChI=1S/C24H39N3O3S/c1-19(2)26-14-9-20(10-15-26)8-13-25-24(28)23-6-4-21(5-7-23)18-22-11-16-27(17-12-22)31(3,29)30/h4-7,19-20,22H,8-18H2,1-3H3,(H,25,28). The number of nitrogens with zero attached hydrogens (tertiary/aromatic N) is 2. The second-order valence-electron chi connectivity index (χ2n) is 9.62. The van der Waals surface area contributed by atoms with Crippen LogP contribution in [0, 0.1) is 11.8 Å². The monoisotopic (exact) mass is 449 g/mol. The van der Waals surface area contributed by atoms with Crippen LogP contribution in [0.25, 0.3) is 0 Å². The van der Waals surface area contributed by atoms with Gasteiger partial charge in [0, 0.05) is 31.2 Å². The van der Waals surface area contributed by atoms with Gasteiger partial charge in [-0.25, -0.2) is 12.7 Å². The van der Waals surface area contributed by atoms with E-state index in [9.17, 15) is 13.2 Å². The van der Waals surface area contributed by atoms with Crippen LogP contribution < -0.4 is 5.32 Å². The molecule has 1 aromatic rings. The third-order valence-corrected chi connectivity index (χ3v) is 8.30. The number of carbonyl (C=O) groups is 1. The summed E-state index contributed by atoms with van der Waals surface area (Å²) in [6.45, 7) is 8.82. The Morgan fingerprint density at radius 3 is 2.13 bits per heavy atom. The molecule has 6 nitrogen and oxygen atoms in total. The minimum atomic E-state index is -3.07. The second kappa shape index (κ2) is 10.9. The molecule has 0 aromatic heterocycles. The van der Waals surface area contributed by atoms with Crippen molar-refractivity contribution < 1.29 is 13.2 Å². The lowest BCUT2D eigenvalue weighted by Crippen LogP contribution is -2.39. The van der Waals surface area contributed by atoms with Gasteiger partial charge in [-0.05, 0) is 95.0 Å². The average molecular weight is 450 g/mol. The molecule has 31 heavy (non-hydrogen) atoms. The summed E-state index contributed by atoms with van der Waals surface area (Å²) >= 11 is 0. The Balaban J connectivity index is 1.37. The van der Waals surface area contributed by atoms with E-state index in [0.29, 0.717) is 36.5 Å². The Hall–Kier alpha value is -1.44. The van der Waals surface area contributed by atoms with Gasteiger partial charge in [-0.15, -0.1) is 0 Å². The average Bonchev–Trinajstić information content (AvgIpc) is 2.74. The van der Waals surface area contributed by atoms with Gasteiger partial charge < -0.3 is 10.2 Å². The molecule has 0 aliphatic carbocycles. The van der Waals surface area contributed by atoms with E-state index >= 15 is 0 Å². The molecule has 0 bridgehead atoms. The zero-order valence-corrected chi connectivity index (χ0v) is 20.2. The van der Waals surface area contributed by atoms with E-state index in [4.69, 9.17) is 0 Å². The number of sulfonamides is 1. The number of likely N-dealkylation sites (tertiary alicyclic amines) is 1. The molecule has 2 fully saturated rings. The summed E-state index contributed by atoms with van der Waals surface area (Å²) in [6, 6.07) is 8.54. The largest absolute Gasteiger partial charge is 0.352 e. The van der Waals surface area contributed by atoms with Crippen molar-refractivity contribution in [3.05, 3.63) is 35.4 Å². The second-order valence-corrected chi connectivity index (χ2v) is 11.6. The maximum atomic E-state index is 12.5. The summed E-state index contributed by atoms with van der Waals surface area (Å²) in [5.74, 6) is 1.22. The van der Waals surface area contributed by atoms with Crippen LogP contribution in [-0.2, 0) is 16.4 Å². The first-order valence-electron chi connectivity index (χ1n) is 11.8. The molecule has 1 N–H and O–H groups in total. The Labute approximate surface area is 188 Å². The molecule has 0 saturated carbocycles. The molecule has 0 atom stereocenters. The number of rotatable bonds is 8. The van der Waals surface area contributed by atoms with Gasteiger partial charge in [0.1, 0.15) is 0 Å². The third kappa shape index (κ3) is 7.29. The van der Waals surface area contributed by atoms with E-state index in [-0.39, 0.29) is 5.91 Å². The van der Waals surface area contributed by atoms with Crippen molar-refractivity contribution in [1.29, 1.82) is 0 Å². The molecule has 1 aromatic carbocycles. The molecular weight excluding hydrogens is 410 g/mol. The summed E-state index contributed by atoms with van der Waals surface area (Å²) in [4.78, 5) is 15.0. The molecule has 2 heterocycles. The molecule has 1 amide bonds. The Morgan fingerprint density at radius 2 is 1.58 bits per heavy atom. The number of hydrogen-bond donors (Lipinski definition) is 1. The fraction of sp³-hybridized carbons (Fsp3) is 0.708. The number of nitrogens with one attached hydrogen (secondary N) is 1. The first-order chi connectivity index (χ1) is 14.7. The van der Waals surface area contributed by atoms with Crippen LogP contribution in [0.3, 0.4) is 0 Å². The first kappa shape index (κ1) is 24.2. The Bertz CT molecular complexity index is 807. The summed E-state index contributed by atoms with van der Waals surface area (Å²) in [5.41, 5.74) is 1.93. The van der Waals surface area contributed by atoms with Crippen LogP contribution >= 0.6 is 0 Å². The lowest BCUT2D eigenvalue weighted by Gasteiger charge is -2.34. The van der Waals surface area contributed by atoms with Crippen LogP contribution in [0.5, 0.6) is 0 Å². The molecular formula is C24H39N3O3S. The topological polar surface area (TPSA) is 69.7 Å². The molecule has 2 aliphatic rings. The lowest BCUT2D eigenvalue weighted by atomic mass is 9.90. The maximum Gasteiger partial charge on any atom is 0.251 e. The SMILES string of the molecule is CC(C)N1CCC(CCNC(=O)c2ccc(CC3CCN(S(C)(=O)=O)CC3)cc2)CC1. The highest BCUT2D eigenvalue weighted by Gasteiger charge is 2.25. The van der Waals surface area contributed by atoms with E-state index in [1.807, 2.05) is 24.3 Å². The number of hydrogen-bond acceptors (Lipinski definition) is 4. The minimum absolute atomic E-state index is 0.00706. The highest BCUT2D eigenvalue weighted by atomic mass is 32.2. The number of carbonyl (C=O) groups excluding carboxylic acids is 1. The van der Waals surface area contributed by atoms with Gasteiger partial charge in [0.25, 0.3) is 5.91 Å². The lowest BCUT2D eigenvalue weighted by molar-refractivity contribution is 0.0946. The van der Waals surface area contributed by atoms with Gasteiger partial charge in [0.15, 0.2) is 0 Å². The van der Waals surface area contributed by atoms with Crippen LogP contribution in [0.2, 0.25) is 0 Å². The first-order valence-corrected chi connectivity index (χ1v) is 13.6. The summed E-state index contributed by atoms with van der Waals surface area (Å²) < 4.78 is 24.9. The van der Waals surface area contributed by atoms with Crippen LogP contribution in [0.15, 0.2) is 24.3 Å². The van der Waals surface area contributed by atoms with Crippen molar-refractivity contribution in [3.8, 4) is 0 Å². The van der Waals surface area contributed by atoms with Crippen molar-refractivity contribution in [2.75, 3.05) is 39.0 Å². The van der Waals surface area contributed by atoms with E-state index < -0.39 is 10.0 Å². The van der Waals surface area contributed by atoms with Gasteiger partial charge >= 0.3 is 0 Å². The van der Waals surface area contributed by atoms with Crippen LogP contribution in [-0.4, -0.2) is 68.6 Å². The molecule has 174 valence electrons. The quantitative estimate of drug-likeness (QED) is 0.662. The highest BCUT2D eigenvalue weighted by molar-refractivity contribution is 7.88. The molecule has 0 spiro atoms. The third-order valence-electron chi connectivity index (χ3n) is 7.00. The van der Waals surface area contributed by atoms with Gasteiger partial charge in [-0.3, -0.25) is 4.79 Å². The number of benzene rings is 1. The molecule has 2 aliphatic heterocycles. The van der Waals surface area contributed by atoms with Crippen molar-refractivity contribution in [2.24, 2.45) is 11.8 Å². The summed E-state index contributed by atoms with van der Waals surface area (Å²) in [7, 11) is -3.07. The molecule has 3 rings (SSSR count). The van der Waals surface area contributed by atoms with Gasteiger partial charge in [-0.2, -0.15) is 0 Å². The van der Waals surface area contributed by atoms with Crippen molar-refractivity contribution in [2.45, 2.75) is 58.4 Å². The van der Waals surface area contributed by atoms with Gasteiger partial charge in [-0.1, -0.05) is 12.1 Å². The fourth-order valence-corrected chi connectivity index (χ4v) is 5.69. The number of piperidine rings is 2. The molecule has 2 saturated heterocycles. The minimum Gasteiger partial charge on any atom is -0.352 e. The van der Waals surface area contributed by atoms with Gasteiger partial charge in [0.05, 0.1) is 6.26 Å². The normalized spacial score (nSPS) is 20.3. The highest BCUT2D eigenvalue weighted by Crippen LogP contribution is 2.24. The van der Waals surface area contributed by atoms with Crippen molar-refractivity contribution in [3.63, 3.8) is 0 Å². The van der Waals surface area contributed by atoms with E-state index in [0.717, 1.165) is 32.2 Å². The van der Waals surface area contributed by atoms with Crippen LogP contribution in [0.4, 0.5) is 0 Å². The maximum absolute atomic E-state index is 12.5. The van der Waals surface area contributed by atoms with E-state index in [1.165, 1.54) is 37.8 Å². The molecule has 0 radical (unpaired) electrons. The zero-order chi connectivity index (χ0) is 22.4. The van der Waals surface area contributed by atoms with Gasteiger partial charge in [0.2, 0.25) is 10.0 Å². The smallest absolute Gasteiger partial charge is 0.251 e.